The van der Waals surface area contributed by atoms with Crippen molar-refractivity contribution in [3.8, 4) is 0 Å². The van der Waals surface area contributed by atoms with Gasteiger partial charge >= 0.3 is 0 Å². The third-order valence-corrected chi connectivity index (χ3v) is 3.73. The summed E-state index contributed by atoms with van der Waals surface area (Å²) < 4.78 is 19.6. The Morgan fingerprint density at radius 3 is 2.80 bits per heavy atom. The molecule has 3 nitrogen and oxygen atoms in total. The second-order valence-corrected chi connectivity index (χ2v) is 5.89. The van der Waals surface area contributed by atoms with Crippen molar-refractivity contribution in [1.82, 2.24) is 4.90 Å². The summed E-state index contributed by atoms with van der Waals surface area (Å²) in [6.45, 7) is 6.78. The number of carbonyl (C=O) groups is 1. The van der Waals surface area contributed by atoms with E-state index in [9.17, 15) is 9.18 Å². The molecule has 4 heteroatoms. The molecule has 1 aliphatic rings. The van der Waals surface area contributed by atoms with E-state index in [2.05, 4.69) is 0 Å². The third kappa shape index (κ3) is 3.01. The molecule has 1 fully saturated rings. The van der Waals surface area contributed by atoms with E-state index >= 15 is 0 Å². The standard InChI is InChI=1S/C16H22FNO2/c1-4-7-15(19)18-10-14(20-11-16(18,2)3)12-8-5-6-9-13(12)17/h5-6,8-9,14H,4,7,10-11H2,1-3H3. The smallest absolute Gasteiger partial charge is 0.223 e. The minimum Gasteiger partial charge on any atom is -0.369 e. The summed E-state index contributed by atoms with van der Waals surface area (Å²) in [6.07, 6.45) is 0.953. The molecule has 0 spiro atoms. The Bertz CT molecular complexity index is 487. The number of hydrogen-bond donors (Lipinski definition) is 0. The van der Waals surface area contributed by atoms with Crippen LogP contribution in [0.4, 0.5) is 4.39 Å². The van der Waals surface area contributed by atoms with E-state index < -0.39 is 0 Å². The van der Waals surface area contributed by atoms with Gasteiger partial charge < -0.3 is 9.64 Å². The minimum atomic E-state index is -0.384. The molecule has 0 bridgehead atoms. The van der Waals surface area contributed by atoms with Gasteiger partial charge in [0.1, 0.15) is 11.9 Å². The zero-order valence-electron chi connectivity index (χ0n) is 12.4. The molecule has 1 heterocycles. The Kier molecular flexibility index (Phi) is 4.43. The highest BCUT2D eigenvalue weighted by Gasteiger charge is 2.38. The van der Waals surface area contributed by atoms with Gasteiger partial charge in [-0.1, -0.05) is 25.1 Å². The summed E-state index contributed by atoms with van der Waals surface area (Å²) in [5.74, 6) is -0.165. The normalized spacial score (nSPS) is 21.8. The molecule has 1 amide bonds. The summed E-state index contributed by atoms with van der Waals surface area (Å²) >= 11 is 0. The van der Waals surface area contributed by atoms with E-state index in [1.54, 1.807) is 18.2 Å². The molecule has 0 aliphatic carbocycles. The zero-order chi connectivity index (χ0) is 14.8. The number of nitrogens with zero attached hydrogens (tertiary/aromatic N) is 1. The number of ether oxygens (including phenoxy) is 1. The number of amides is 1. The number of hydrogen-bond acceptors (Lipinski definition) is 2. The van der Waals surface area contributed by atoms with Crippen molar-refractivity contribution < 1.29 is 13.9 Å². The van der Waals surface area contributed by atoms with Gasteiger partial charge in [-0.05, 0) is 26.3 Å². The summed E-state index contributed by atoms with van der Waals surface area (Å²) in [6, 6.07) is 6.60. The number of halogens is 1. The summed E-state index contributed by atoms with van der Waals surface area (Å²) in [5.41, 5.74) is 0.186. The predicted octanol–water partition coefficient (Wildman–Crippen LogP) is 3.30. The molecule has 1 aromatic carbocycles. The molecule has 1 saturated heterocycles. The number of benzene rings is 1. The van der Waals surface area contributed by atoms with Crippen LogP contribution >= 0.6 is 0 Å². The largest absolute Gasteiger partial charge is 0.369 e. The molecule has 0 N–H and O–H groups in total. The lowest BCUT2D eigenvalue weighted by molar-refractivity contribution is -0.155. The Balaban J connectivity index is 2.20. The van der Waals surface area contributed by atoms with Gasteiger partial charge in [-0.2, -0.15) is 0 Å². The lowest BCUT2D eigenvalue weighted by Gasteiger charge is -2.45. The maximum atomic E-state index is 13.9. The predicted molar refractivity (Wildman–Crippen MR) is 75.8 cm³/mol. The molecule has 1 unspecified atom stereocenters. The molecule has 0 radical (unpaired) electrons. The highest BCUT2D eigenvalue weighted by molar-refractivity contribution is 5.77. The first-order valence-electron chi connectivity index (χ1n) is 7.12. The molecule has 20 heavy (non-hydrogen) atoms. The molecular weight excluding hydrogens is 257 g/mol. The van der Waals surface area contributed by atoms with Crippen LogP contribution in [0.5, 0.6) is 0 Å². The fourth-order valence-electron chi connectivity index (χ4n) is 2.56. The van der Waals surface area contributed by atoms with E-state index in [0.717, 1.165) is 6.42 Å². The van der Waals surface area contributed by atoms with Crippen molar-refractivity contribution in [3.05, 3.63) is 35.6 Å². The monoisotopic (exact) mass is 279 g/mol. The molecule has 1 aromatic rings. The van der Waals surface area contributed by atoms with Crippen molar-refractivity contribution in [2.45, 2.75) is 45.3 Å². The topological polar surface area (TPSA) is 29.5 Å². The lowest BCUT2D eigenvalue weighted by Crippen LogP contribution is -2.56. The first-order valence-corrected chi connectivity index (χ1v) is 7.12. The van der Waals surface area contributed by atoms with Gasteiger partial charge in [-0.25, -0.2) is 4.39 Å². The lowest BCUT2D eigenvalue weighted by atomic mass is 9.97. The summed E-state index contributed by atoms with van der Waals surface area (Å²) in [7, 11) is 0. The Hall–Kier alpha value is -1.42. The van der Waals surface area contributed by atoms with Crippen LogP contribution in [-0.4, -0.2) is 29.5 Å². The molecule has 2 rings (SSSR count). The summed E-state index contributed by atoms with van der Waals surface area (Å²) in [4.78, 5) is 14.1. The van der Waals surface area contributed by atoms with Crippen molar-refractivity contribution in [2.75, 3.05) is 13.2 Å². The van der Waals surface area contributed by atoms with Gasteiger partial charge in [0, 0.05) is 12.0 Å². The number of rotatable bonds is 3. The molecule has 110 valence electrons. The zero-order valence-corrected chi connectivity index (χ0v) is 12.4. The van der Waals surface area contributed by atoms with Gasteiger partial charge in [0.2, 0.25) is 5.91 Å². The fraction of sp³-hybridized carbons (Fsp3) is 0.562. The van der Waals surface area contributed by atoms with E-state index in [4.69, 9.17) is 4.74 Å². The Labute approximate surface area is 119 Å². The SMILES string of the molecule is CCCC(=O)N1CC(c2ccccc2F)OCC1(C)C. The van der Waals surface area contributed by atoms with Crippen molar-refractivity contribution >= 4 is 5.91 Å². The van der Waals surface area contributed by atoms with Gasteiger partial charge in [0.25, 0.3) is 0 Å². The molecular formula is C16H22FNO2. The van der Waals surface area contributed by atoms with Crippen LogP contribution in [0.1, 0.15) is 45.3 Å². The van der Waals surface area contributed by atoms with Crippen molar-refractivity contribution in [1.29, 1.82) is 0 Å². The highest BCUT2D eigenvalue weighted by Crippen LogP contribution is 2.31. The van der Waals surface area contributed by atoms with E-state index in [-0.39, 0.29) is 23.4 Å². The van der Waals surface area contributed by atoms with E-state index in [1.807, 2.05) is 25.7 Å². The van der Waals surface area contributed by atoms with Crippen LogP contribution in [0.25, 0.3) is 0 Å². The Morgan fingerprint density at radius 2 is 2.15 bits per heavy atom. The second kappa shape index (κ2) is 5.92. The molecule has 0 saturated carbocycles. The maximum absolute atomic E-state index is 13.9. The molecule has 1 aliphatic heterocycles. The van der Waals surface area contributed by atoms with Crippen LogP contribution in [0.3, 0.4) is 0 Å². The highest BCUT2D eigenvalue weighted by atomic mass is 19.1. The first kappa shape index (κ1) is 15.0. The van der Waals surface area contributed by atoms with Gasteiger partial charge in [0.05, 0.1) is 18.7 Å². The second-order valence-electron chi connectivity index (χ2n) is 5.89. The van der Waals surface area contributed by atoms with Crippen LogP contribution in [0, 0.1) is 5.82 Å². The van der Waals surface area contributed by atoms with Crippen LogP contribution in [-0.2, 0) is 9.53 Å². The van der Waals surface area contributed by atoms with Crippen molar-refractivity contribution in [2.24, 2.45) is 0 Å². The van der Waals surface area contributed by atoms with E-state index in [0.29, 0.717) is 25.1 Å². The summed E-state index contributed by atoms with van der Waals surface area (Å²) in [5, 5.41) is 0. The fourth-order valence-corrected chi connectivity index (χ4v) is 2.56. The van der Waals surface area contributed by atoms with E-state index in [1.165, 1.54) is 6.07 Å². The number of carbonyl (C=O) groups excluding carboxylic acids is 1. The van der Waals surface area contributed by atoms with Crippen LogP contribution in [0.15, 0.2) is 24.3 Å². The Morgan fingerprint density at radius 1 is 1.45 bits per heavy atom. The van der Waals surface area contributed by atoms with Crippen molar-refractivity contribution in [3.63, 3.8) is 0 Å². The van der Waals surface area contributed by atoms with Crippen LogP contribution in [0.2, 0.25) is 0 Å². The maximum Gasteiger partial charge on any atom is 0.223 e. The third-order valence-electron chi connectivity index (χ3n) is 3.73. The average Bonchev–Trinajstić information content (AvgIpc) is 2.39. The van der Waals surface area contributed by atoms with Gasteiger partial charge in [-0.3, -0.25) is 4.79 Å². The molecule has 0 aromatic heterocycles. The van der Waals surface area contributed by atoms with Crippen LogP contribution < -0.4 is 0 Å². The minimum absolute atomic E-state index is 0.113. The van der Waals surface area contributed by atoms with Gasteiger partial charge in [-0.15, -0.1) is 0 Å². The van der Waals surface area contributed by atoms with Gasteiger partial charge in [0.15, 0.2) is 0 Å². The molecule has 1 atom stereocenters. The number of morpholine rings is 1. The average molecular weight is 279 g/mol. The quantitative estimate of drug-likeness (QED) is 0.849. The first-order chi connectivity index (χ1) is 9.45.